The van der Waals surface area contributed by atoms with E-state index in [1.54, 1.807) is 11.3 Å². The van der Waals surface area contributed by atoms with Crippen LogP contribution in [0.15, 0.2) is 22.0 Å². The smallest absolute Gasteiger partial charge is 0.232 e. The van der Waals surface area contributed by atoms with Gasteiger partial charge in [0.1, 0.15) is 0 Å². The maximum atomic E-state index is 5.80. The lowest BCUT2D eigenvalue weighted by Gasteiger charge is -2.23. The summed E-state index contributed by atoms with van der Waals surface area (Å²) in [6, 6.07) is 4.26. The monoisotopic (exact) mass is 335 g/mol. The second kappa shape index (κ2) is 7.11. The highest BCUT2D eigenvalue weighted by Gasteiger charge is 2.24. The van der Waals surface area contributed by atoms with Gasteiger partial charge in [-0.05, 0) is 24.3 Å². The van der Waals surface area contributed by atoms with E-state index < -0.39 is 0 Å². The quantitative estimate of drug-likeness (QED) is 0.807. The molecule has 5 nitrogen and oxygen atoms in total. The maximum absolute atomic E-state index is 5.80. The Kier molecular flexibility index (Phi) is 5.14. The molecule has 1 fully saturated rings. The third-order valence-electron chi connectivity index (χ3n) is 3.92. The van der Waals surface area contributed by atoms with E-state index in [1.807, 2.05) is 0 Å². The van der Waals surface area contributed by atoms with Gasteiger partial charge < -0.3 is 9.26 Å². The molecule has 1 aliphatic heterocycles. The zero-order valence-corrected chi connectivity index (χ0v) is 14.9. The minimum absolute atomic E-state index is 0.113. The molecule has 3 rings (SSSR count). The normalized spacial score (nSPS) is 18.9. The van der Waals surface area contributed by atoms with Crippen molar-refractivity contribution in [1.29, 1.82) is 0 Å². The number of rotatable bonds is 6. The molecule has 0 spiro atoms. The fourth-order valence-corrected chi connectivity index (χ4v) is 3.45. The van der Waals surface area contributed by atoms with Crippen molar-refractivity contribution >= 4 is 11.3 Å². The van der Waals surface area contributed by atoms with Crippen molar-refractivity contribution in [1.82, 2.24) is 15.0 Å². The Morgan fingerprint density at radius 2 is 2.22 bits per heavy atom. The van der Waals surface area contributed by atoms with Crippen LogP contribution in [0.3, 0.4) is 0 Å². The predicted molar refractivity (Wildman–Crippen MR) is 90.4 cm³/mol. The first kappa shape index (κ1) is 16.6. The molecule has 23 heavy (non-hydrogen) atoms. The first-order valence-corrected chi connectivity index (χ1v) is 9.08. The van der Waals surface area contributed by atoms with E-state index >= 15 is 0 Å². The van der Waals surface area contributed by atoms with Crippen LogP contribution >= 0.6 is 11.3 Å². The molecule has 2 aromatic rings. The lowest BCUT2D eigenvalue weighted by Crippen LogP contribution is -2.31. The molecule has 0 amide bonds. The Labute approximate surface area is 141 Å². The van der Waals surface area contributed by atoms with Crippen molar-refractivity contribution in [2.24, 2.45) is 0 Å². The van der Waals surface area contributed by atoms with Crippen molar-refractivity contribution in [3.05, 3.63) is 34.1 Å². The Morgan fingerprint density at radius 3 is 2.83 bits per heavy atom. The van der Waals surface area contributed by atoms with Crippen LogP contribution in [0.2, 0.25) is 0 Å². The lowest BCUT2D eigenvalue weighted by atomic mass is 9.97. The van der Waals surface area contributed by atoms with Crippen molar-refractivity contribution in [3.8, 4) is 0 Å². The van der Waals surface area contributed by atoms with Crippen LogP contribution in [-0.2, 0) is 23.2 Å². The van der Waals surface area contributed by atoms with E-state index in [0.717, 1.165) is 38.4 Å². The molecule has 0 saturated carbocycles. The number of ether oxygens (including phenoxy) is 1. The summed E-state index contributed by atoms with van der Waals surface area (Å²) in [5, 5.41) is 6.28. The Hall–Kier alpha value is -1.24. The average molecular weight is 335 g/mol. The van der Waals surface area contributed by atoms with Crippen LogP contribution < -0.4 is 0 Å². The second-order valence-corrected chi connectivity index (χ2v) is 8.18. The van der Waals surface area contributed by atoms with E-state index in [4.69, 9.17) is 9.26 Å². The number of thiophene rings is 1. The summed E-state index contributed by atoms with van der Waals surface area (Å²) in [6.45, 7) is 9.64. The average Bonchev–Trinajstić information content (AvgIpc) is 3.18. The predicted octanol–water partition coefficient (Wildman–Crippen LogP) is 3.61. The second-order valence-electron chi connectivity index (χ2n) is 7.15. The largest absolute Gasteiger partial charge is 0.377 e. The van der Waals surface area contributed by atoms with Gasteiger partial charge in [0, 0.05) is 30.0 Å². The van der Waals surface area contributed by atoms with Crippen LogP contribution in [-0.4, -0.2) is 34.3 Å². The van der Waals surface area contributed by atoms with Gasteiger partial charge >= 0.3 is 0 Å². The summed E-state index contributed by atoms with van der Waals surface area (Å²) in [5.41, 5.74) is -0.113. The van der Waals surface area contributed by atoms with E-state index in [0.29, 0.717) is 18.5 Å². The van der Waals surface area contributed by atoms with E-state index in [9.17, 15) is 0 Å². The Morgan fingerprint density at radius 1 is 1.35 bits per heavy atom. The summed E-state index contributed by atoms with van der Waals surface area (Å²) >= 11 is 1.78. The lowest BCUT2D eigenvalue weighted by molar-refractivity contribution is 0.0671. The SMILES string of the molecule is CC(C)(C)c1nc(CN(Cc2cccs2)C[C@H]2CCCO2)no1. The van der Waals surface area contributed by atoms with Gasteiger partial charge in [-0.15, -0.1) is 11.3 Å². The Balaban J connectivity index is 1.68. The van der Waals surface area contributed by atoms with Crippen LogP contribution in [0.4, 0.5) is 0 Å². The van der Waals surface area contributed by atoms with Crippen molar-refractivity contribution in [2.75, 3.05) is 13.2 Å². The molecule has 0 aromatic carbocycles. The Bertz CT molecular complexity index is 598. The van der Waals surface area contributed by atoms with Gasteiger partial charge in [-0.2, -0.15) is 4.98 Å². The highest BCUT2D eigenvalue weighted by molar-refractivity contribution is 7.09. The molecule has 0 N–H and O–H groups in total. The van der Waals surface area contributed by atoms with E-state index in [1.165, 1.54) is 4.88 Å². The molecule has 0 aliphatic carbocycles. The molecule has 0 unspecified atom stereocenters. The maximum Gasteiger partial charge on any atom is 0.232 e. The first-order valence-electron chi connectivity index (χ1n) is 8.20. The molecule has 1 saturated heterocycles. The molecule has 3 heterocycles. The first-order chi connectivity index (χ1) is 11.0. The summed E-state index contributed by atoms with van der Waals surface area (Å²) < 4.78 is 11.2. The fraction of sp³-hybridized carbons (Fsp3) is 0.647. The van der Waals surface area contributed by atoms with Gasteiger partial charge in [-0.25, -0.2) is 0 Å². The van der Waals surface area contributed by atoms with Gasteiger partial charge in [0.15, 0.2) is 5.82 Å². The highest BCUT2D eigenvalue weighted by atomic mass is 32.1. The highest BCUT2D eigenvalue weighted by Crippen LogP contribution is 2.22. The van der Waals surface area contributed by atoms with Crippen molar-refractivity contribution in [3.63, 3.8) is 0 Å². The van der Waals surface area contributed by atoms with Crippen molar-refractivity contribution < 1.29 is 9.26 Å². The fourth-order valence-electron chi connectivity index (χ4n) is 2.71. The molecule has 2 aromatic heterocycles. The molecule has 1 aliphatic rings. The summed E-state index contributed by atoms with van der Waals surface area (Å²) in [6.07, 6.45) is 2.62. The minimum atomic E-state index is -0.113. The third kappa shape index (κ3) is 4.62. The standard InChI is InChI=1S/C17H25N3O2S/c1-17(2,3)16-18-15(19-22-16)12-20(10-13-6-4-8-21-13)11-14-7-5-9-23-14/h5,7,9,13H,4,6,8,10-12H2,1-3H3/t13-/m1/s1. The summed E-state index contributed by atoms with van der Waals surface area (Å²) in [5.74, 6) is 1.45. The third-order valence-corrected chi connectivity index (χ3v) is 4.78. The van der Waals surface area contributed by atoms with Crippen LogP contribution in [0.1, 0.15) is 50.2 Å². The number of nitrogens with zero attached hydrogens (tertiary/aromatic N) is 3. The molecule has 1 atom stereocenters. The van der Waals surface area contributed by atoms with Gasteiger partial charge in [0.25, 0.3) is 0 Å². The molecular formula is C17H25N3O2S. The number of aromatic nitrogens is 2. The van der Waals surface area contributed by atoms with E-state index in [-0.39, 0.29) is 5.41 Å². The van der Waals surface area contributed by atoms with Crippen LogP contribution in [0.5, 0.6) is 0 Å². The van der Waals surface area contributed by atoms with Gasteiger partial charge in [-0.1, -0.05) is 32.0 Å². The zero-order chi connectivity index (χ0) is 16.3. The summed E-state index contributed by atoms with van der Waals surface area (Å²) in [7, 11) is 0. The van der Waals surface area contributed by atoms with E-state index in [2.05, 4.69) is 53.3 Å². The zero-order valence-electron chi connectivity index (χ0n) is 14.1. The number of hydrogen-bond donors (Lipinski definition) is 0. The van der Waals surface area contributed by atoms with Crippen LogP contribution in [0, 0.1) is 0 Å². The van der Waals surface area contributed by atoms with Gasteiger partial charge in [0.2, 0.25) is 5.89 Å². The molecule has 0 radical (unpaired) electrons. The molecule has 6 heteroatoms. The number of hydrogen-bond acceptors (Lipinski definition) is 6. The molecular weight excluding hydrogens is 310 g/mol. The van der Waals surface area contributed by atoms with Crippen LogP contribution in [0.25, 0.3) is 0 Å². The topological polar surface area (TPSA) is 51.4 Å². The summed E-state index contributed by atoms with van der Waals surface area (Å²) in [4.78, 5) is 8.28. The van der Waals surface area contributed by atoms with Crippen molar-refractivity contribution in [2.45, 2.75) is 58.2 Å². The molecule has 0 bridgehead atoms. The van der Waals surface area contributed by atoms with Gasteiger partial charge in [0.05, 0.1) is 12.6 Å². The van der Waals surface area contributed by atoms with Gasteiger partial charge in [-0.3, -0.25) is 4.90 Å². The minimum Gasteiger partial charge on any atom is -0.377 e. The molecule has 126 valence electrons.